The highest BCUT2D eigenvalue weighted by Crippen LogP contribution is 2.29. The molecule has 0 unspecified atom stereocenters. The molecule has 142 valence electrons. The van der Waals surface area contributed by atoms with Gasteiger partial charge in [-0.1, -0.05) is 6.07 Å². The molecule has 0 radical (unpaired) electrons. The fourth-order valence-electron chi connectivity index (χ4n) is 2.92. The molecular formula is C18H22Cl2FN3O2. The van der Waals surface area contributed by atoms with Crippen LogP contribution in [-0.2, 0) is 0 Å². The number of ether oxygens (including phenoxy) is 1. The number of hydrogen-bond acceptors (Lipinski definition) is 4. The summed E-state index contributed by atoms with van der Waals surface area (Å²) in [6.07, 6.45) is 0. The van der Waals surface area contributed by atoms with E-state index in [9.17, 15) is 9.18 Å². The average molecular weight is 402 g/mol. The first-order chi connectivity index (χ1) is 11.6. The second-order valence-electron chi connectivity index (χ2n) is 5.72. The zero-order chi connectivity index (χ0) is 17.1. The summed E-state index contributed by atoms with van der Waals surface area (Å²) in [5.74, 6) is 0.157. The number of carbonyl (C=O) groups is 1. The molecule has 8 heteroatoms. The van der Waals surface area contributed by atoms with E-state index in [4.69, 9.17) is 10.5 Å². The second kappa shape index (κ2) is 9.50. The molecule has 0 saturated carbocycles. The standard InChI is InChI=1S/C18H20FN3O2.2ClH/c1-24-17-12-14(19)5-6-16(17)21-7-9-22(10-8-21)18(23)13-3-2-4-15(20)11-13;;/h2-6,11-12H,7-10,20H2,1H3;2*1H. The first-order valence-electron chi connectivity index (χ1n) is 7.82. The highest BCUT2D eigenvalue weighted by Gasteiger charge is 2.24. The van der Waals surface area contributed by atoms with Gasteiger partial charge in [0.05, 0.1) is 12.8 Å². The van der Waals surface area contributed by atoms with Gasteiger partial charge in [-0.3, -0.25) is 4.79 Å². The maximum absolute atomic E-state index is 13.3. The van der Waals surface area contributed by atoms with Gasteiger partial charge in [0.25, 0.3) is 5.91 Å². The molecular weight excluding hydrogens is 380 g/mol. The smallest absolute Gasteiger partial charge is 0.254 e. The molecule has 1 saturated heterocycles. The normalized spacial score (nSPS) is 13.5. The number of hydrogen-bond donors (Lipinski definition) is 1. The Morgan fingerprint density at radius 1 is 1.08 bits per heavy atom. The molecule has 0 aromatic heterocycles. The van der Waals surface area contributed by atoms with E-state index in [1.54, 1.807) is 35.2 Å². The predicted molar refractivity (Wildman–Crippen MR) is 106 cm³/mol. The zero-order valence-corrected chi connectivity index (χ0v) is 16.0. The van der Waals surface area contributed by atoms with Crippen LogP contribution in [0, 0.1) is 5.82 Å². The van der Waals surface area contributed by atoms with E-state index in [-0.39, 0.29) is 36.5 Å². The Hall–Kier alpha value is -2.18. The SMILES string of the molecule is COc1cc(F)ccc1N1CCN(C(=O)c2cccc(N)c2)CC1.Cl.Cl. The molecule has 0 aliphatic carbocycles. The quantitative estimate of drug-likeness (QED) is 0.802. The van der Waals surface area contributed by atoms with Crippen molar-refractivity contribution in [2.75, 3.05) is 43.9 Å². The van der Waals surface area contributed by atoms with Gasteiger partial charge >= 0.3 is 0 Å². The summed E-state index contributed by atoms with van der Waals surface area (Å²) < 4.78 is 18.6. The van der Waals surface area contributed by atoms with E-state index in [1.807, 2.05) is 0 Å². The van der Waals surface area contributed by atoms with Crippen molar-refractivity contribution in [3.05, 3.63) is 53.8 Å². The zero-order valence-electron chi connectivity index (χ0n) is 14.4. The lowest BCUT2D eigenvalue weighted by molar-refractivity contribution is 0.0746. The Morgan fingerprint density at radius 3 is 2.38 bits per heavy atom. The van der Waals surface area contributed by atoms with Gasteiger partial charge < -0.3 is 20.3 Å². The van der Waals surface area contributed by atoms with Gasteiger partial charge in [-0.25, -0.2) is 4.39 Å². The minimum Gasteiger partial charge on any atom is -0.494 e. The van der Waals surface area contributed by atoms with E-state index in [2.05, 4.69) is 4.90 Å². The third-order valence-corrected chi connectivity index (χ3v) is 4.18. The predicted octanol–water partition coefficient (Wildman–Crippen LogP) is 3.22. The Balaban J connectivity index is 0.00000169. The molecule has 2 aromatic rings. The second-order valence-corrected chi connectivity index (χ2v) is 5.72. The molecule has 1 aliphatic rings. The molecule has 1 amide bonds. The van der Waals surface area contributed by atoms with Crippen LogP contribution in [-0.4, -0.2) is 44.1 Å². The fourth-order valence-corrected chi connectivity index (χ4v) is 2.92. The van der Waals surface area contributed by atoms with Crippen LogP contribution in [0.3, 0.4) is 0 Å². The highest BCUT2D eigenvalue weighted by molar-refractivity contribution is 5.95. The van der Waals surface area contributed by atoms with Crippen LogP contribution in [0.4, 0.5) is 15.8 Å². The molecule has 1 heterocycles. The van der Waals surface area contributed by atoms with Crippen molar-refractivity contribution in [1.82, 2.24) is 4.90 Å². The average Bonchev–Trinajstić information content (AvgIpc) is 2.61. The number of nitrogens with two attached hydrogens (primary N) is 1. The van der Waals surface area contributed by atoms with E-state index in [1.165, 1.54) is 19.2 Å². The van der Waals surface area contributed by atoms with Crippen LogP contribution in [0.2, 0.25) is 0 Å². The molecule has 1 aliphatic heterocycles. The lowest BCUT2D eigenvalue weighted by Gasteiger charge is -2.36. The van der Waals surface area contributed by atoms with Crippen LogP contribution in [0.1, 0.15) is 10.4 Å². The summed E-state index contributed by atoms with van der Waals surface area (Å²) in [4.78, 5) is 16.4. The largest absolute Gasteiger partial charge is 0.494 e. The van der Waals surface area contributed by atoms with Gasteiger partial charge in [0.15, 0.2) is 0 Å². The van der Waals surface area contributed by atoms with Gasteiger partial charge in [0.2, 0.25) is 0 Å². The van der Waals surface area contributed by atoms with Crippen molar-refractivity contribution in [2.24, 2.45) is 0 Å². The van der Waals surface area contributed by atoms with Crippen LogP contribution >= 0.6 is 24.8 Å². The van der Waals surface area contributed by atoms with Crippen molar-refractivity contribution in [3.8, 4) is 5.75 Å². The maximum Gasteiger partial charge on any atom is 0.254 e. The van der Waals surface area contributed by atoms with E-state index < -0.39 is 0 Å². The van der Waals surface area contributed by atoms with Crippen LogP contribution in [0.25, 0.3) is 0 Å². The highest BCUT2D eigenvalue weighted by atomic mass is 35.5. The third-order valence-electron chi connectivity index (χ3n) is 4.18. The molecule has 5 nitrogen and oxygen atoms in total. The minimum absolute atomic E-state index is 0. The number of methoxy groups -OCH3 is 1. The van der Waals surface area contributed by atoms with Gasteiger partial charge in [-0.05, 0) is 30.3 Å². The molecule has 26 heavy (non-hydrogen) atoms. The first-order valence-corrected chi connectivity index (χ1v) is 7.82. The van der Waals surface area contributed by atoms with Gasteiger partial charge in [0, 0.05) is 43.5 Å². The van der Waals surface area contributed by atoms with E-state index in [0.29, 0.717) is 43.2 Å². The van der Waals surface area contributed by atoms with Crippen LogP contribution < -0.4 is 15.4 Å². The van der Waals surface area contributed by atoms with Crippen LogP contribution in [0.5, 0.6) is 5.75 Å². The van der Waals surface area contributed by atoms with Gasteiger partial charge in [0.1, 0.15) is 11.6 Å². The number of piperazine rings is 1. The number of amides is 1. The summed E-state index contributed by atoms with van der Waals surface area (Å²) in [7, 11) is 1.53. The van der Waals surface area contributed by atoms with Crippen molar-refractivity contribution < 1.29 is 13.9 Å². The molecule has 2 N–H and O–H groups in total. The number of nitrogens with zero attached hydrogens (tertiary/aromatic N) is 2. The molecule has 1 fully saturated rings. The van der Waals surface area contributed by atoms with Crippen molar-refractivity contribution in [3.63, 3.8) is 0 Å². The van der Waals surface area contributed by atoms with E-state index in [0.717, 1.165) is 5.69 Å². The Bertz CT molecular complexity index is 753. The summed E-state index contributed by atoms with van der Waals surface area (Å²) in [5.41, 5.74) is 7.77. The number of halogens is 3. The lowest BCUT2D eigenvalue weighted by atomic mass is 10.1. The number of benzene rings is 2. The Morgan fingerprint density at radius 2 is 1.77 bits per heavy atom. The molecule has 0 atom stereocenters. The minimum atomic E-state index is -0.328. The maximum atomic E-state index is 13.3. The first kappa shape index (κ1) is 21.9. The van der Waals surface area contributed by atoms with E-state index >= 15 is 0 Å². The van der Waals surface area contributed by atoms with Gasteiger partial charge in [-0.2, -0.15) is 0 Å². The molecule has 3 rings (SSSR count). The topological polar surface area (TPSA) is 58.8 Å². The third kappa shape index (κ3) is 4.71. The number of rotatable bonds is 3. The van der Waals surface area contributed by atoms with Gasteiger partial charge in [-0.15, -0.1) is 24.8 Å². The number of anilines is 2. The summed E-state index contributed by atoms with van der Waals surface area (Å²) in [6, 6.07) is 11.5. The van der Waals surface area contributed by atoms with Crippen molar-refractivity contribution in [1.29, 1.82) is 0 Å². The molecule has 0 spiro atoms. The summed E-state index contributed by atoms with van der Waals surface area (Å²) in [6.45, 7) is 2.51. The molecule has 2 aromatic carbocycles. The fraction of sp³-hybridized carbons (Fsp3) is 0.278. The number of nitrogen functional groups attached to an aromatic ring is 1. The van der Waals surface area contributed by atoms with Crippen molar-refractivity contribution in [2.45, 2.75) is 0 Å². The van der Waals surface area contributed by atoms with Crippen molar-refractivity contribution >= 4 is 42.1 Å². The molecule has 0 bridgehead atoms. The summed E-state index contributed by atoms with van der Waals surface area (Å²) in [5, 5.41) is 0. The monoisotopic (exact) mass is 401 g/mol. The van der Waals surface area contributed by atoms with Crippen LogP contribution in [0.15, 0.2) is 42.5 Å². The Kier molecular flexibility index (Phi) is 7.99. The lowest BCUT2D eigenvalue weighted by Crippen LogP contribution is -2.48. The summed E-state index contributed by atoms with van der Waals surface area (Å²) >= 11 is 0. The number of carbonyl (C=O) groups excluding carboxylic acids is 1. The Labute approximate surface area is 164 Å².